The molecule has 2 amide bonds. The molecule has 1 atom stereocenters. The van der Waals surface area contributed by atoms with Crippen LogP contribution in [0.25, 0.3) is 0 Å². The number of nitrogens with one attached hydrogen (secondary N) is 1. The van der Waals surface area contributed by atoms with Gasteiger partial charge in [0.2, 0.25) is 11.8 Å². The predicted molar refractivity (Wildman–Crippen MR) is 181 cm³/mol. The van der Waals surface area contributed by atoms with Crippen LogP contribution in [0.4, 0.5) is 5.69 Å². The van der Waals surface area contributed by atoms with E-state index in [2.05, 4.69) is 21.2 Å². The normalized spacial score (nSPS) is 14.1. The van der Waals surface area contributed by atoms with Gasteiger partial charge < -0.3 is 10.2 Å². The van der Waals surface area contributed by atoms with Crippen molar-refractivity contribution >= 4 is 55.1 Å². The van der Waals surface area contributed by atoms with E-state index in [0.29, 0.717) is 0 Å². The number of anilines is 1. The third-order valence-corrected chi connectivity index (χ3v) is 10.5. The van der Waals surface area contributed by atoms with Crippen molar-refractivity contribution in [3.63, 3.8) is 0 Å². The van der Waals surface area contributed by atoms with Gasteiger partial charge in [0.25, 0.3) is 10.0 Å². The first kappa shape index (κ1) is 32.7. The molecule has 0 aromatic heterocycles. The lowest BCUT2D eigenvalue weighted by atomic mass is 10.0. The van der Waals surface area contributed by atoms with E-state index in [0.717, 1.165) is 45.6 Å². The average Bonchev–Trinajstić information content (AvgIpc) is 3.56. The van der Waals surface area contributed by atoms with Crippen molar-refractivity contribution in [1.29, 1.82) is 0 Å². The summed E-state index contributed by atoms with van der Waals surface area (Å²) in [6, 6.07) is 30.7. The van der Waals surface area contributed by atoms with Crippen molar-refractivity contribution in [1.82, 2.24) is 10.2 Å². The third-order valence-electron chi connectivity index (χ3n) is 7.95. The second-order valence-electron chi connectivity index (χ2n) is 11.1. The van der Waals surface area contributed by atoms with Gasteiger partial charge in [-0.1, -0.05) is 113 Å². The first-order chi connectivity index (χ1) is 21.7. The van der Waals surface area contributed by atoms with Gasteiger partial charge in [-0.05, 0) is 60.4 Å². The van der Waals surface area contributed by atoms with Crippen molar-refractivity contribution in [2.45, 2.75) is 55.6 Å². The van der Waals surface area contributed by atoms with E-state index in [9.17, 15) is 18.0 Å². The van der Waals surface area contributed by atoms with Gasteiger partial charge in [0, 0.05) is 23.5 Å². The lowest BCUT2D eigenvalue weighted by Crippen LogP contribution is -2.54. The van der Waals surface area contributed by atoms with Gasteiger partial charge in [-0.15, -0.1) is 0 Å². The number of amides is 2. The Balaban J connectivity index is 1.57. The fourth-order valence-corrected chi connectivity index (χ4v) is 7.83. The lowest BCUT2D eigenvalue weighted by Gasteiger charge is -2.34. The molecule has 0 aliphatic heterocycles. The van der Waals surface area contributed by atoms with Crippen LogP contribution >= 0.6 is 27.5 Å². The summed E-state index contributed by atoms with van der Waals surface area (Å²) in [4.78, 5) is 30.2. The molecule has 1 aliphatic rings. The Morgan fingerprint density at radius 2 is 1.47 bits per heavy atom. The van der Waals surface area contributed by atoms with Gasteiger partial charge in [0.05, 0.1) is 15.6 Å². The van der Waals surface area contributed by atoms with Crippen LogP contribution in [0, 0.1) is 0 Å². The van der Waals surface area contributed by atoms with Crippen LogP contribution in [0.2, 0.25) is 5.02 Å². The quantitative estimate of drug-likeness (QED) is 0.172. The van der Waals surface area contributed by atoms with Crippen LogP contribution in [0.5, 0.6) is 0 Å². The standard InChI is InChI=1S/C35H35BrClN3O4S/c36-28-15-11-14-27(22-28)24-39(33(23-26-12-3-1-4-13-26)35(42)38-29-16-7-8-17-29)34(41)25-40(32-21-10-9-20-31(32)37)45(43,44)30-18-5-2-6-19-30/h1-6,9-15,18-22,29,33H,7-8,16-17,23-25H2,(H,38,42). The molecule has 10 heteroatoms. The van der Waals surface area contributed by atoms with E-state index in [1.165, 1.54) is 17.0 Å². The number of hydrogen-bond donors (Lipinski definition) is 1. The molecule has 1 aliphatic carbocycles. The van der Waals surface area contributed by atoms with E-state index < -0.39 is 28.5 Å². The number of carbonyl (C=O) groups is 2. The molecule has 7 nitrogen and oxygen atoms in total. The number of benzene rings is 4. The Hall–Kier alpha value is -3.66. The molecule has 5 rings (SSSR count). The molecule has 4 aromatic rings. The summed E-state index contributed by atoms with van der Waals surface area (Å²) in [6.45, 7) is -0.466. The highest BCUT2D eigenvalue weighted by atomic mass is 79.9. The summed E-state index contributed by atoms with van der Waals surface area (Å²) in [5.74, 6) is -0.791. The highest BCUT2D eigenvalue weighted by molar-refractivity contribution is 9.10. The Morgan fingerprint density at radius 1 is 0.844 bits per heavy atom. The Kier molecular flexibility index (Phi) is 11.0. The summed E-state index contributed by atoms with van der Waals surface area (Å²) >= 11 is 10.1. The number of sulfonamides is 1. The van der Waals surface area contributed by atoms with Gasteiger partial charge in [0.15, 0.2) is 0 Å². The van der Waals surface area contributed by atoms with E-state index in [1.54, 1.807) is 42.5 Å². The average molecular weight is 709 g/mol. The second-order valence-corrected chi connectivity index (χ2v) is 14.3. The van der Waals surface area contributed by atoms with Gasteiger partial charge in [-0.3, -0.25) is 13.9 Å². The first-order valence-electron chi connectivity index (χ1n) is 14.9. The minimum Gasteiger partial charge on any atom is -0.352 e. The molecule has 1 unspecified atom stereocenters. The number of para-hydroxylation sites is 1. The zero-order chi connectivity index (χ0) is 31.8. The minimum atomic E-state index is -4.21. The molecule has 45 heavy (non-hydrogen) atoms. The molecule has 1 saturated carbocycles. The molecular weight excluding hydrogens is 674 g/mol. The fourth-order valence-electron chi connectivity index (χ4n) is 5.64. The van der Waals surface area contributed by atoms with Crippen LogP contribution in [0.3, 0.4) is 0 Å². The van der Waals surface area contributed by atoms with Crippen LogP contribution < -0.4 is 9.62 Å². The maximum atomic E-state index is 14.6. The third kappa shape index (κ3) is 8.34. The molecule has 1 fully saturated rings. The number of carbonyl (C=O) groups excluding carboxylic acids is 2. The summed E-state index contributed by atoms with van der Waals surface area (Å²) in [5, 5.41) is 3.37. The second kappa shape index (κ2) is 15.1. The number of halogens is 2. The molecule has 1 N–H and O–H groups in total. The van der Waals surface area contributed by atoms with Crippen LogP contribution in [0.1, 0.15) is 36.8 Å². The molecule has 4 aromatic carbocycles. The summed E-state index contributed by atoms with van der Waals surface area (Å²) in [5.41, 5.74) is 1.85. The van der Waals surface area contributed by atoms with E-state index >= 15 is 0 Å². The molecular formula is C35H35BrClN3O4S. The zero-order valence-electron chi connectivity index (χ0n) is 24.7. The SMILES string of the molecule is O=C(NC1CCCC1)C(Cc1ccccc1)N(Cc1cccc(Br)c1)C(=O)CN(c1ccccc1Cl)S(=O)(=O)c1ccccc1. The van der Waals surface area contributed by atoms with Crippen LogP contribution in [-0.2, 0) is 32.6 Å². The largest absolute Gasteiger partial charge is 0.352 e. The number of nitrogens with zero attached hydrogens (tertiary/aromatic N) is 2. The first-order valence-corrected chi connectivity index (χ1v) is 17.5. The summed E-state index contributed by atoms with van der Waals surface area (Å²) < 4.78 is 30.0. The summed E-state index contributed by atoms with van der Waals surface area (Å²) in [6.07, 6.45) is 4.12. The smallest absolute Gasteiger partial charge is 0.264 e. The Bertz CT molecular complexity index is 1720. The van der Waals surface area contributed by atoms with Crippen molar-refractivity contribution in [2.24, 2.45) is 0 Å². The van der Waals surface area contributed by atoms with E-state index in [4.69, 9.17) is 11.6 Å². The highest BCUT2D eigenvalue weighted by Gasteiger charge is 2.36. The zero-order valence-corrected chi connectivity index (χ0v) is 27.8. The molecule has 0 heterocycles. The molecule has 0 radical (unpaired) electrons. The number of hydrogen-bond acceptors (Lipinski definition) is 4. The summed E-state index contributed by atoms with van der Waals surface area (Å²) in [7, 11) is -4.21. The monoisotopic (exact) mass is 707 g/mol. The highest BCUT2D eigenvalue weighted by Crippen LogP contribution is 2.31. The van der Waals surface area contributed by atoms with E-state index in [1.807, 2.05) is 54.6 Å². The van der Waals surface area contributed by atoms with Crippen LogP contribution in [-0.4, -0.2) is 43.8 Å². The van der Waals surface area contributed by atoms with Gasteiger partial charge in [-0.2, -0.15) is 0 Å². The molecule has 234 valence electrons. The van der Waals surface area contributed by atoms with Crippen LogP contribution in [0.15, 0.2) is 119 Å². The Labute approximate surface area is 278 Å². The van der Waals surface area contributed by atoms with Gasteiger partial charge in [-0.25, -0.2) is 8.42 Å². The van der Waals surface area contributed by atoms with Crippen molar-refractivity contribution < 1.29 is 18.0 Å². The minimum absolute atomic E-state index is 0.0241. The molecule has 0 saturated heterocycles. The lowest BCUT2D eigenvalue weighted by molar-refractivity contribution is -0.140. The van der Waals surface area contributed by atoms with E-state index in [-0.39, 0.29) is 40.5 Å². The molecule has 0 bridgehead atoms. The fraction of sp³-hybridized carbons (Fsp3) is 0.257. The van der Waals surface area contributed by atoms with Crippen molar-refractivity contribution in [3.05, 3.63) is 130 Å². The topological polar surface area (TPSA) is 86.8 Å². The Morgan fingerprint density at radius 3 is 2.13 bits per heavy atom. The predicted octanol–water partition coefficient (Wildman–Crippen LogP) is 7.00. The van der Waals surface area contributed by atoms with Gasteiger partial charge in [0.1, 0.15) is 12.6 Å². The van der Waals surface area contributed by atoms with Crippen molar-refractivity contribution in [3.8, 4) is 0 Å². The maximum Gasteiger partial charge on any atom is 0.264 e. The molecule has 0 spiro atoms. The maximum absolute atomic E-state index is 14.6. The van der Waals surface area contributed by atoms with Gasteiger partial charge >= 0.3 is 0 Å². The number of rotatable bonds is 12. The van der Waals surface area contributed by atoms with Crippen molar-refractivity contribution in [2.75, 3.05) is 10.8 Å².